The van der Waals surface area contributed by atoms with E-state index in [2.05, 4.69) is 28.7 Å². The first-order chi connectivity index (χ1) is 8.16. The van der Waals surface area contributed by atoms with Crippen molar-refractivity contribution < 1.29 is 9.90 Å². The van der Waals surface area contributed by atoms with Gasteiger partial charge in [0.2, 0.25) is 0 Å². The molecule has 0 aromatic heterocycles. The van der Waals surface area contributed by atoms with Crippen molar-refractivity contribution in [2.24, 2.45) is 0 Å². The Balaban J connectivity index is 2.30. The average molecular weight is 336 g/mol. The van der Waals surface area contributed by atoms with Gasteiger partial charge >= 0.3 is 5.97 Å². The summed E-state index contributed by atoms with van der Waals surface area (Å²) in [6, 6.07) is 11.7. The van der Waals surface area contributed by atoms with E-state index in [-0.39, 0.29) is 0 Å². The summed E-state index contributed by atoms with van der Waals surface area (Å²) < 4.78 is 1.19. The molecule has 0 spiro atoms. The number of halogens is 1. The first-order valence-electron chi connectivity index (χ1n) is 5.31. The van der Waals surface area contributed by atoms with Crippen molar-refractivity contribution in [1.29, 1.82) is 0 Å². The molecule has 0 aliphatic heterocycles. The minimum atomic E-state index is -0.853. The lowest BCUT2D eigenvalue weighted by Crippen LogP contribution is -1.99. The molecule has 2 aromatic rings. The summed E-state index contributed by atoms with van der Waals surface area (Å²) in [6.45, 7) is 0. The predicted molar refractivity (Wildman–Crippen MR) is 74.4 cm³/mol. The number of fused-ring (bicyclic) bond motifs is 3. The van der Waals surface area contributed by atoms with E-state index in [0.29, 0.717) is 5.56 Å². The Labute approximate surface area is 112 Å². The highest BCUT2D eigenvalue weighted by molar-refractivity contribution is 14.1. The fourth-order valence-corrected chi connectivity index (χ4v) is 2.96. The zero-order valence-electron chi connectivity index (χ0n) is 8.90. The van der Waals surface area contributed by atoms with Gasteiger partial charge in [0, 0.05) is 3.57 Å². The van der Waals surface area contributed by atoms with E-state index in [1.807, 2.05) is 24.3 Å². The van der Waals surface area contributed by atoms with Gasteiger partial charge in [-0.3, -0.25) is 0 Å². The molecule has 2 aromatic carbocycles. The van der Waals surface area contributed by atoms with E-state index in [0.717, 1.165) is 23.1 Å². The van der Waals surface area contributed by atoms with Gasteiger partial charge in [0.15, 0.2) is 0 Å². The van der Waals surface area contributed by atoms with Crippen LogP contribution >= 0.6 is 22.6 Å². The van der Waals surface area contributed by atoms with Crippen molar-refractivity contribution in [3.63, 3.8) is 0 Å². The van der Waals surface area contributed by atoms with Gasteiger partial charge in [-0.2, -0.15) is 0 Å². The molecule has 0 bridgehead atoms. The van der Waals surface area contributed by atoms with Crippen molar-refractivity contribution in [2.45, 2.75) is 6.42 Å². The van der Waals surface area contributed by atoms with Gasteiger partial charge in [0.25, 0.3) is 0 Å². The summed E-state index contributed by atoms with van der Waals surface area (Å²) in [7, 11) is 0. The molecule has 0 unspecified atom stereocenters. The maximum Gasteiger partial charge on any atom is 0.336 e. The zero-order valence-corrected chi connectivity index (χ0v) is 11.1. The molecule has 1 N–H and O–H groups in total. The van der Waals surface area contributed by atoms with E-state index >= 15 is 0 Å². The molecule has 0 atom stereocenters. The van der Waals surface area contributed by atoms with E-state index in [1.54, 1.807) is 6.07 Å². The van der Waals surface area contributed by atoms with E-state index < -0.39 is 5.97 Å². The van der Waals surface area contributed by atoms with E-state index in [9.17, 15) is 9.90 Å². The van der Waals surface area contributed by atoms with Crippen LogP contribution in [0.1, 0.15) is 21.5 Å². The van der Waals surface area contributed by atoms with Crippen LogP contribution in [0.2, 0.25) is 0 Å². The minimum absolute atomic E-state index is 0.405. The third kappa shape index (κ3) is 1.65. The Morgan fingerprint density at radius 2 is 2.00 bits per heavy atom. The molecule has 17 heavy (non-hydrogen) atoms. The predicted octanol–water partition coefficient (Wildman–Crippen LogP) is 3.56. The molecular formula is C14H9IO2. The van der Waals surface area contributed by atoms with Crippen LogP contribution in [0.4, 0.5) is 0 Å². The van der Waals surface area contributed by atoms with Gasteiger partial charge in [0.1, 0.15) is 0 Å². The standard InChI is InChI=1S/C14H9IO2/c15-10-4-5-11-9(7-10)6-8-2-1-3-12(13(8)11)14(16)17/h1-5,7H,6H2,(H,16,17). The molecule has 0 saturated carbocycles. The fraction of sp³-hybridized carbons (Fsp3) is 0.0714. The van der Waals surface area contributed by atoms with Crippen LogP contribution in [0.15, 0.2) is 36.4 Å². The van der Waals surface area contributed by atoms with Crippen LogP contribution in [0.5, 0.6) is 0 Å². The molecule has 0 saturated heterocycles. The lowest BCUT2D eigenvalue weighted by molar-refractivity contribution is 0.0697. The smallest absolute Gasteiger partial charge is 0.336 e. The van der Waals surface area contributed by atoms with Crippen molar-refractivity contribution in [2.75, 3.05) is 0 Å². The first kappa shape index (κ1) is 10.8. The van der Waals surface area contributed by atoms with Crippen molar-refractivity contribution >= 4 is 28.6 Å². The number of carboxylic acid groups (broad SMARTS) is 1. The lowest BCUT2D eigenvalue weighted by Gasteiger charge is -2.05. The number of hydrogen-bond acceptors (Lipinski definition) is 1. The largest absolute Gasteiger partial charge is 0.478 e. The Hall–Kier alpha value is -1.36. The van der Waals surface area contributed by atoms with Crippen LogP contribution in [0.3, 0.4) is 0 Å². The molecule has 3 rings (SSSR count). The van der Waals surface area contributed by atoms with Gasteiger partial charge in [-0.15, -0.1) is 0 Å². The molecule has 3 heteroatoms. The third-order valence-corrected chi connectivity index (χ3v) is 3.77. The minimum Gasteiger partial charge on any atom is -0.478 e. The Kier molecular flexibility index (Phi) is 2.43. The van der Waals surface area contributed by atoms with Gasteiger partial charge in [-0.25, -0.2) is 4.79 Å². The van der Waals surface area contributed by atoms with E-state index in [4.69, 9.17) is 0 Å². The lowest BCUT2D eigenvalue weighted by atomic mass is 10.00. The average Bonchev–Trinajstić information content (AvgIpc) is 2.65. The van der Waals surface area contributed by atoms with Gasteiger partial charge in [-0.05, 0) is 69.5 Å². The van der Waals surface area contributed by atoms with Gasteiger partial charge in [-0.1, -0.05) is 18.2 Å². The molecule has 84 valence electrons. The van der Waals surface area contributed by atoms with Gasteiger partial charge < -0.3 is 5.11 Å². The maximum absolute atomic E-state index is 11.2. The Morgan fingerprint density at radius 3 is 2.76 bits per heavy atom. The Morgan fingerprint density at radius 1 is 1.18 bits per heavy atom. The van der Waals surface area contributed by atoms with Gasteiger partial charge in [0.05, 0.1) is 5.56 Å². The fourth-order valence-electron chi connectivity index (χ4n) is 2.40. The second kappa shape index (κ2) is 3.84. The number of benzene rings is 2. The van der Waals surface area contributed by atoms with Crippen molar-refractivity contribution in [3.8, 4) is 11.1 Å². The van der Waals surface area contributed by atoms with E-state index in [1.165, 1.54) is 9.13 Å². The molecule has 0 amide bonds. The highest BCUT2D eigenvalue weighted by atomic mass is 127. The summed E-state index contributed by atoms with van der Waals surface area (Å²) in [6.07, 6.45) is 0.836. The number of aromatic carboxylic acids is 1. The highest BCUT2D eigenvalue weighted by Crippen LogP contribution is 2.39. The summed E-state index contributed by atoms with van der Waals surface area (Å²) >= 11 is 2.28. The zero-order chi connectivity index (χ0) is 12.0. The third-order valence-electron chi connectivity index (χ3n) is 3.10. The maximum atomic E-state index is 11.2. The molecule has 0 fully saturated rings. The van der Waals surface area contributed by atoms with Crippen LogP contribution in [-0.2, 0) is 6.42 Å². The second-order valence-electron chi connectivity index (χ2n) is 4.12. The molecule has 1 aliphatic rings. The first-order valence-corrected chi connectivity index (χ1v) is 6.38. The molecule has 0 radical (unpaired) electrons. The van der Waals surface area contributed by atoms with Crippen molar-refractivity contribution in [3.05, 3.63) is 56.7 Å². The molecule has 2 nitrogen and oxygen atoms in total. The number of carbonyl (C=O) groups is 1. The summed E-state index contributed by atoms with van der Waals surface area (Å²) in [5, 5.41) is 9.23. The quantitative estimate of drug-likeness (QED) is 0.690. The monoisotopic (exact) mass is 336 g/mol. The normalized spacial score (nSPS) is 12.1. The molecule has 1 aliphatic carbocycles. The summed E-state index contributed by atoms with van der Waals surface area (Å²) in [4.78, 5) is 11.2. The SMILES string of the molecule is O=C(O)c1cccc2c1-c1ccc(I)cc1C2. The van der Waals surface area contributed by atoms with Crippen LogP contribution < -0.4 is 0 Å². The topological polar surface area (TPSA) is 37.3 Å². The number of hydrogen-bond donors (Lipinski definition) is 1. The Bertz CT molecular complexity index is 632. The summed E-state index contributed by atoms with van der Waals surface area (Å²) in [5.74, 6) is -0.853. The second-order valence-corrected chi connectivity index (χ2v) is 5.37. The number of carboxylic acids is 1. The van der Waals surface area contributed by atoms with Crippen molar-refractivity contribution in [1.82, 2.24) is 0 Å². The molecule has 0 heterocycles. The van der Waals surface area contributed by atoms with Crippen LogP contribution in [0.25, 0.3) is 11.1 Å². The number of rotatable bonds is 1. The van der Waals surface area contributed by atoms with Crippen LogP contribution in [0, 0.1) is 3.57 Å². The van der Waals surface area contributed by atoms with Crippen LogP contribution in [-0.4, -0.2) is 11.1 Å². The summed E-state index contributed by atoms with van der Waals surface area (Å²) in [5.41, 5.74) is 4.70. The highest BCUT2D eigenvalue weighted by Gasteiger charge is 2.23. The molecular weight excluding hydrogens is 327 g/mol.